The molecule has 0 aromatic heterocycles. The van der Waals surface area contributed by atoms with Crippen molar-refractivity contribution in [3.63, 3.8) is 0 Å². The molecule has 1 amide bonds. The van der Waals surface area contributed by atoms with E-state index in [0.29, 0.717) is 18.4 Å². The van der Waals surface area contributed by atoms with Crippen molar-refractivity contribution in [2.45, 2.75) is 165 Å². The minimum atomic E-state index is -0.214. The van der Waals surface area contributed by atoms with Crippen LogP contribution < -0.4 is 10.6 Å². The first-order valence-corrected chi connectivity index (χ1v) is 20.8. The van der Waals surface area contributed by atoms with Crippen molar-refractivity contribution in [1.82, 2.24) is 10.6 Å². The van der Waals surface area contributed by atoms with Gasteiger partial charge < -0.3 is 48.0 Å². The number of nitrogens with zero attached hydrogens (tertiary/aromatic N) is 1. The van der Waals surface area contributed by atoms with E-state index in [9.17, 15) is 4.79 Å². The monoisotopic (exact) mass is 766 g/mol. The lowest BCUT2D eigenvalue weighted by Gasteiger charge is -2.46. The molecular formula is C41H71N3O10. The number of methoxy groups -OCH3 is 6. The lowest BCUT2D eigenvalue weighted by atomic mass is 9.75. The molecular weight excluding hydrogens is 694 g/mol. The molecule has 6 aliphatic rings. The number of carbonyl (C=O) groups is 1. The zero-order chi connectivity index (χ0) is 38.5. The molecule has 2 heterocycles. The Morgan fingerprint density at radius 1 is 0.722 bits per heavy atom. The summed E-state index contributed by atoms with van der Waals surface area (Å²) in [4.78, 5) is 19.2. The number of fused-ring (bicyclic) bond motifs is 1. The average molecular weight is 766 g/mol. The fraction of sp³-hybridized carbons (Fsp3) is 0.951. The number of carbonyl (C=O) groups excluding carboxylic acids is 1. The zero-order valence-corrected chi connectivity index (χ0v) is 34.4. The number of nitrogens with one attached hydrogen (secondary N) is 2. The van der Waals surface area contributed by atoms with Crippen LogP contribution in [0.25, 0.3) is 0 Å². The maximum atomic E-state index is 13.0. The minimum absolute atomic E-state index is 0.00115. The molecule has 0 radical (unpaired) electrons. The Labute approximate surface area is 323 Å². The summed E-state index contributed by atoms with van der Waals surface area (Å²) in [5.41, 5.74) is 1.08. The van der Waals surface area contributed by atoms with Crippen molar-refractivity contribution in [2.75, 3.05) is 49.3 Å². The van der Waals surface area contributed by atoms with E-state index < -0.39 is 0 Å². The third-order valence-corrected chi connectivity index (χ3v) is 14.2. The van der Waals surface area contributed by atoms with Crippen LogP contribution >= 0.6 is 0 Å². The van der Waals surface area contributed by atoms with Crippen LogP contribution in [-0.4, -0.2) is 134 Å². The standard InChI is InChI=1S/C41H71N3O10/c1-22-10-12-29-28(14-22)41(45)43-40(42-29)25-11-13-31(33(15-25)46-4)52-21-23(2)24(3)53-39-36(49-7)16-26(17-37(39)50-8)30-20-32(54-44-30)27-18-34(47-5)38(51-9)35(19-27)48-6/h22-29,31-40,42H,10-21H2,1-9H3,(H,43,45). The van der Waals surface area contributed by atoms with Crippen LogP contribution in [-0.2, 0) is 47.5 Å². The van der Waals surface area contributed by atoms with Gasteiger partial charge in [-0.25, -0.2) is 0 Å². The summed E-state index contributed by atoms with van der Waals surface area (Å²) < 4.78 is 48.9. The maximum Gasteiger partial charge on any atom is 0.225 e. The number of oxime groups is 1. The summed E-state index contributed by atoms with van der Waals surface area (Å²) in [5, 5.41) is 11.8. The second kappa shape index (κ2) is 19.4. The zero-order valence-electron chi connectivity index (χ0n) is 34.4. The van der Waals surface area contributed by atoms with Gasteiger partial charge in [-0.15, -0.1) is 0 Å². The Morgan fingerprint density at radius 3 is 1.98 bits per heavy atom. The van der Waals surface area contributed by atoms with Crippen LogP contribution in [0.3, 0.4) is 0 Å². The Kier molecular flexibility index (Phi) is 15.1. The molecule has 54 heavy (non-hydrogen) atoms. The van der Waals surface area contributed by atoms with Gasteiger partial charge in [-0.1, -0.05) is 19.0 Å². The van der Waals surface area contributed by atoms with Crippen LogP contribution in [0.5, 0.6) is 0 Å². The Hall–Kier alpha value is -1.42. The molecule has 2 N–H and O–H groups in total. The normalized spacial score (nSPS) is 44.1. The summed E-state index contributed by atoms with van der Waals surface area (Å²) >= 11 is 0. The number of amides is 1. The predicted molar refractivity (Wildman–Crippen MR) is 203 cm³/mol. The fourth-order valence-electron chi connectivity index (χ4n) is 10.6. The Morgan fingerprint density at radius 2 is 1.35 bits per heavy atom. The minimum Gasteiger partial charge on any atom is -0.392 e. The molecule has 0 bridgehead atoms. The molecule has 13 heteroatoms. The molecule has 4 saturated carbocycles. The first-order chi connectivity index (χ1) is 26.1. The number of hydrogen-bond donors (Lipinski definition) is 2. The van der Waals surface area contributed by atoms with E-state index in [2.05, 4.69) is 36.6 Å². The summed E-state index contributed by atoms with van der Waals surface area (Å²) in [6, 6.07) is 0.284. The van der Waals surface area contributed by atoms with Gasteiger partial charge in [0, 0.05) is 72.9 Å². The highest BCUT2D eigenvalue weighted by molar-refractivity contribution is 5.88. The van der Waals surface area contributed by atoms with Crippen LogP contribution in [0.2, 0.25) is 0 Å². The fourth-order valence-corrected chi connectivity index (χ4v) is 10.6. The second-order valence-electron chi connectivity index (χ2n) is 17.4. The first kappa shape index (κ1) is 42.2. The van der Waals surface area contributed by atoms with Crippen molar-refractivity contribution in [1.29, 1.82) is 0 Å². The van der Waals surface area contributed by atoms with E-state index in [4.69, 9.17) is 42.7 Å². The van der Waals surface area contributed by atoms with Crippen molar-refractivity contribution in [3.05, 3.63) is 0 Å². The smallest absolute Gasteiger partial charge is 0.225 e. The van der Waals surface area contributed by atoms with E-state index in [1.807, 2.05) is 0 Å². The molecule has 1 saturated heterocycles. The molecule has 0 spiro atoms. The van der Waals surface area contributed by atoms with Gasteiger partial charge in [-0.2, -0.15) is 0 Å². The van der Waals surface area contributed by atoms with Gasteiger partial charge in [0.15, 0.2) is 0 Å². The maximum absolute atomic E-state index is 13.0. The molecule has 13 nitrogen and oxygen atoms in total. The molecule has 4 aliphatic carbocycles. The summed E-state index contributed by atoms with van der Waals surface area (Å²) in [5.74, 6) is 1.83. The first-order valence-electron chi connectivity index (χ1n) is 20.8. The Bertz CT molecular complexity index is 1200. The van der Waals surface area contributed by atoms with Gasteiger partial charge >= 0.3 is 0 Å². The lowest BCUT2D eigenvalue weighted by molar-refractivity contribution is -0.179. The average Bonchev–Trinajstić information content (AvgIpc) is 3.70. The highest BCUT2D eigenvalue weighted by Crippen LogP contribution is 2.41. The number of rotatable bonds is 15. The third kappa shape index (κ3) is 9.47. The van der Waals surface area contributed by atoms with Gasteiger partial charge in [0.1, 0.15) is 18.3 Å². The van der Waals surface area contributed by atoms with E-state index in [-0.39, 0.29) is 103 Å². The molecule has 6 rings (SSSR count). The molecule has 0 aromatic rings. The molecule has 2 aliphatic heterocycles. The van der Waals surface area contributed by atoms with Crippen LogP contribution in [0, 0.1) is 35.5 Å². The van der Waals surface area contributed by atoms with Crippen molar-refractivity contribution in [3.8, 4) is 0 Å². The van der Waals surface area contributed by atoms with Crippen molar-refractivity contribution in [2.24, 2.45) is 40.7 Å². The van der Waals surface area contributed by atoms with Crippen LogP contribution in [0.4, 0.5) is 0 Å². The van der Waals surface area contributed by atoms with E-state index in [1.54, 1.807) is 42.7 Å². The number of ether oxygens (including phenoxy) is 8. The van der Waals surface area contributed by atoms with Crippen LogP contribution in [0.15, 0.2) is 5.16 Å². The molecule has 14 unspecified atom stereocenters. The quantitative estimate of drug-likeness (QED) is 0.244. The molecule has 14 atom stereocenters. The summed E-state index contributed by atoms with van der Waals surface area (Å²) in [6.07, 6.45) is 9.21. The highest BCUT2D eigenvalue weighted by Gasteiger charge is 2.48. The summed E-state index contributed by atoms with van der Waals surface area (Å²) in [6.45, 7) is 7.13. The Balaban J connectivity index is 0.970. The largest absolute Gasteiger partial charge is 0.392 e. The van der Waals surface area contributed by atoms with Gasteiger partial charge in [0.2, 0.25) is 5.91 Å². The topological polar surface area (TPSA) is 137 Å². The van der Waals surface area contributed by atoms with Gasteiger partial charge in [-0.3, -0.25) is 10.1 Å². The lowest BCUT2D eigenvalue weighted by Crippen LogP contribution is -2.65. The highest BCUT2D eigenvalue weighted by atomic mass is 16.6. The van der Waals surface area contributed by atoms with Gasteiger partial charge in [0.05, 0.1) is 67.1 Å². The van der Waals surface area contributed by atoms with E-state index >= 15 is 0 Å². The predicted octanol–water partition coefficient (Wildman–Crippen LogP) is 4.49. The third-order valence-electron chi connectivity index (χ3n) is 14.2. The van der Waals surface area contributed by atoms with Crippen molar-refractivity contribution >= 4 is 11.6 Å². The van der Waals surface area contributed by atoms with Gasteiger partial charge in [0.25, 0.3) is 0 Å². The van der Waals surface area contributed by atoms with Crippen LogP contribution in [0.1, 0.15) is 91.4 Å². The molecule has 5 fully saturated rings. The van der Waals surface area contributed by atoms with Gasteiger partial charge in [-0.05, 0) is 83.0 Å². The number of hydrogen-bond acceptors (Lipinski definition) is 12. The molecule has 0 aromatic carbocycles. The molecule has 310 valence electrons. The summed E-state index contributed by atoms with van der Waals surface area (Å²) in [7, 11) is 10.5. The van der Waals surface area contributed by atoms with E-state index in [0.717, 1.165) is 69.9 Å². The van der Waals surface area contributed by atoms with Crippen molar-refractivity contribution < 1.29 is 47.5 Å². The SMILES string of the molecule is COC1CC(C2NC(=O)C3CC(C)CCC3N2)CCC1OCC(C)C(C)OC1C(OC)CC(C2=NOC(C3CC(OC)C(OC)C(OC)C3)C2)CC1OC. The van der Waals surface area contributed by atoms with E-state index in [1.165, 1.54) is 6.42 Å². The second-order valence-corrected chi connectivity index (χ2v) is 17.4.